The summed E-state index contributed by atoms with van der Waals surface area (Å²) in [6, 6.07) is 0.460. The summed E-state index contributed by atoms with van der Waals surface area (Å²) in [4.78, 5) is 14.4. The van der Waals surface area contributed by atoms with Crippen molar-refractivity contribution in [1.82, 2.24) is 10.2 Å². The van der Waals surface area contributed by atoms with Gasteiger partial charge in [0.1, 0.15) is 0 Å². The topological polar surface area (TPSA) is 32.3 Å². The van der Waals surface area contributed by atoms with Crippen LogP contribution in [-0.4, -0.2) is 36.5 Å². The fourth-order valence-electron chi connectivity index (χ4n) is 3.28. The first-order valence-electron chi connectivity index (χ1n) is 7.67. The van der Waals surface area contributed by atoms with Crippen molar-refractivity contribution in [2.45, 2.75) is 58.4 Å². The molecule has 2 atom stereocenters. The quantitative estimate of drug-likeness (QED) is 0.836. The fourth-order valence-corrected chi connectivity index (χ4v) is 3.28. The number of rotatable bonds is 3. The monoisotopic (exact) mass is 252 g/mol. The van der Waals surface area contributed by atoms with Gasteiger partial charge in [0.05, 0.1) is 0 Å². The van der Waals surface area contributed by atoms with Gasteiger partial charge in [-0.3, -0.25) is 4.79 Å². The standard InChI is InChI=1S/C15H28N2O/c1-12-3-4-13(2)17(11-12)15(18)6-5-14-7-9-16-10-8-14/h12-14,16H,3-11H2,1-2H3. The molecule has 2 rings (SSSR count). The van der Waals surface area contributed by atoms with Crippen LogP contribution in [0.5, 0.6) is 0 Å². The van der Waals surface area contributed by atoms with Gasteiger partial charge in [0, 0.05) is 19.0 Å². The number of amides is 1. The minimum absolute atomic E-state index is 0.396. The number of nitrogens with one attached hydrogen (secondary N) is 1. The molecule has 0 aromatic heterocycles. The molecule has 0 spiro atoms. The number of hydrogen-bond donors (Lipinski definition) is 1. The van der Waals surface area contributed by atoms with E-state index in [1.165, 1.54) is 25.7 Å². The average molecular weight is 252 g/mol. The second-order valence-electron chi connectivity index (χ2n) is 6.31. The second-order valence-corrected chi connectivity index (χ2v) is 6.31. The SMILES string of the molecule is CC1CCC(C)N(C(=O)CCC2CCNCC2)C1. The summed E-state index contributed by atoms with van der Waals surface area (Å²) in [7, 11) is 0. The smallest absolute Gasteiger partial charge is 0.222 e. The Kier molecular flexibility index (Phi) is 5.04. The predicted octanol–water partition coefficient (Wildman–Crippen LogP) is 2.41. The van der Waals surface area contributed by atoms with E-state index < -0.39 is 0 Å². The summed E-state index contributed by atoms with van der Waals surface area (Å²) < 4.78 is 0. The van der Waals surface area contributed by atoms with Gasteiger partial charge in [-0.15, -0.1) is 0 Å². The first-order chi connectivity index (χ1) is 8.66. The lowest BCUT2D eigenvalue weighted by molar-refractivity contribution is -0.135. The Hall–Kier alpha value is -0.570. The third-order valence-corrected chi connectivity index (χ3v) is 4.66. The van der Waals surface area contributed by atoms with Crippen LogP contribution in [0.15, 0.2) is 0 Å². The molecule has 0 radical (unpaired) electrons. The molecular weight excluding hydrogens is 224 g/mol. The van der Waals surface area contributed by atoms with Crippen LogP contribution in [0.25, 0.3) is 0 Å². The molecule has 104 valence electrons. The highest BCUT2D eigenvalue weighted by atomic mass is 16.2. The maximum Gasteiger partial charge on any atom is 0.222 e. The van der Waals surface area contributed by atoms with Gasteiger partial charge in [-0.1, -0.05) is 6.92 Å². The zero-order valence-electron chi connectivity index (χ0n) is 12.0. The van der Waals surface area contributed by atoms with E-state index in [1.54, 1.807) is 0 Å². The van der Waals surface area contributed by atoms with E-state index in [2.05, 4.69) is 24.1 Å². The summed E-state index contributed by atoms with van der Waals surface area (Å²) in [5.41, 5.74) is 0. The first kappa shape index (κ1) is 13.9. The van der Waals surface area contributed by atoms with Gasteiger partial charge < -0.3 is 10.2 Å². The highest BCUT2D eigenvalue weighted by molar-refractivity contribution is 5.76. The third-order valence-electron chi connectivity index (χ3n) is 4.66. The van der Waals surface area contributed by atoms with Crippen LogP contribution < -0.4 is 5.32 Å². The molecule has 2 aliphatic heterocycles. The van der Waals surface area contributed by atoms with Crippen molar-refractivity contribution in [3.63, 3.8) is 0 Å². The molecule has 0 saturated carbocycles. The van der Waals surface area contributed by atoms with Crippen molar-refractivity contribution in [3.05, 3.63) is 0 Å². The highest BCUT2D eigenvalue weighted by Gasteiger charge is 2.27. The Bertz CT molecular complexity index is 274. The van der Waals surface area contributed by atoms with Crippen LogP contribution in [0.4, 0.5) is 0 Å². The molecule has 2 saturated heterocycles. The van der Waals surface area contributed by atoms with Crippen molar-refractivity contribution < 1.29 is 4.79 Å². The van der Waals surface area contributed by atoms with E-state index in [4.69, 9.17) is 0 Å². The fraction of sp³-hybridized carbons (Fsp3) is 0.933. The summed E-state index contributed by atoms with van der Waals surface area (Å²) in [5, 5.41) is 3.38. The maximum atomic E-state index is 12.3. The zero-order chi connectivity index (χ0) is 13.0. The Labute approximate surface area is 111 Å². The minimum Gasteiger partial charge on any atom is -0.340 e. The van der Waals surface area contributed by atoms with E-state index in [0.717, 1.165) is 38.4 Å². The molecule has 0 aliphatic carbocycles. The van der Waals surface area contributed by atoms with E-state index in [9.17, 15) is 4.79 Å². The summed E-state index contributed by atoms with van der Waals surface area (Å²) in [5.74, 6) is 1.85. The van der Waals surface area contributed by atoms with Crippen LogP contribution in [0, 0.1) is 11.8 Å². The Balaban J connectivity index is 1.75. The number of piperidine rings is 2. The van der Waals surface area contributed by atoms with E-state index in [0.29, 0.717) is 17.9 Å². The summed E-state index contributed by atoms with van der Waals surface area (Å²) in [6.07, 6.45) is 6.82. The largest absolute Gasteiger partial charge is 0.340 e. The summed E-state index contributed by atoms with van der Waals surface area (Å²) in [6.45, 7) is 7.71. The molecule has 3 heteroatoms. The van der Waals surface area contributed by atoms with Gasteiger partial charge in [0.25, 0.3) is 0 Å². The van der Waals surface area contributed by atoms with Gasteiger partial charge in [-0.05, 0) is 64.0 Å². The molecule has 0 bridgehead atoms. The van der Waals surface area contributed by atoms with Crippen molar-refractivity contribution in [2.75, 3.05) is 19.6 Å². The van der Waals surface area contributed by atoms with E-state index in [-0.39, 0.29) is 0 Å². The van der Waals surface area contributed by atoms with Gasteiger partial charge in [-0.25, -0.2) is 0 Å². The van der Waals surface area contributed by atoms with Gasteiger partial charge >= 0.3 is 0 Å². The van der Waals surface area contributed by atoms with Crippen LogP contribution in [0.1, 0.15) is 52.4 Å². The van der Waals surface area contributed by atoms with Crippen molar-refractivity contribution >= 4 is 5.91 Å². The molecule has 2 aliphatic rings. The van der Waals surface area contributed by atoms with Crippen LogP contribution in [0.2, 0.25) is 0 Å². The normalized spacial score (nSPS) is 30.4. The number of likely N-dealkylation sites (tertiary alicyclic amines) is 1. The molecule has 0 aromatic carbocycles. The maximum absolute atomic E-state index is 12.3. The number of carbonyl (C=O) groups is 1. The predicted molar refractivity (Wildman–Crippen MR) is 74.4 cm³/mol. The van der Waals surface area contributed by atoms with Crippen molar-refractivity contribution in [1.29, 1.82) is 0 Å². The Morgan fingerprint density at radius 3 is 2.61 bits per heavy atom. The van der Waals surface area contributed by atoms with Crippen molar-refractivity contribution in [3.8, 4) is 0 Å². The Morgan fingerprint density at radius 1 is 1.17 bits per heavy atom. The molecule has 2 heterocycles. The minimum atomic E-state index is 0.396. The van der Waals surface area contributed by atoms with E-state index >= 15 is 0 Å². The Morgan fingerprint density at radius 2 is 1.89 bits per heavy atom. The van der Waals surface area contributed by atoms with E-state index in [1.807, 2.05) is 0 Å². The molecule has 1 N–H and O–H groups in total. The van der Waals surface area contributed by atoms with Crippen molar-refractivity contribution in [2.24, 2.45) is 11.8 Å². The third kappa shape index (κ3) is 3.71. The van der Waals surface area contributed by atoms with Crippen LogP contribution in [-0.2, 0) is 4.79 Å². The lowest BCUT2D eigenvalue weighted by atomic mass is 9.91. The lowest BCUT2D eigenvalue weighted by Gasteiger charge is -2.37. The molecule has 18 heavy (non-hydrogen) atoms. The van der Waals surface area contributed by atoms with Gasteiger partial charge in [0.15, 0.2) is 0 Å². The molecular formula is C15H28N2O. The molecule has 0 aromatic rings. The average Bonchev–Trinajstić information content (AvgIpc) is 2.40. The molecule has 2 unspecified atom stereocenters. The molecule has 3 nitrogen and oxygen atoms in total. The van der Waals surface area contributed by atoms with Gasteiger partial charge in [-0.2, -0.15) is 0 Å². The van der Waals surface area contributed by atoms with Crippen LogP contribution in [0.3, 0.4) is 0 Å². The lowest BCUT2D eigenvalue weighted by Crippen LogP contribution is -2.45. The highest BCUT2D eigenvalue weighted by Crippen LogP contribution is 2.24. The molecule has 1 amide bonds. The van der Waals surface area contributed by atoms with Crippen LogP contribution >= 0.6 is 0 Å². The second kappa shape index (κ2) is 6.55. The van der Waals surface area contributed by atoms with Gasteiger partial charge in [0.2, 0.25) is 5.91 Å². The number of carbonyl (C=O) groups excluding carboxylic acids is 1. The number of hydrogen-bond acceptors (Lipinski definition) is 2. The summed E-state index contributed by atoms with van der Waals surface area (Å²) >= 11 is 0. The first-order valence-corrected chi connectivity index (χ1v) is 7.67. The number of nitrogens with zero attached hydrogens (tertiary/aromatic N) is 1. The zero-order valence-corrected chi connectivity index (χ0v) is 12.0. The molecule has 2 fully saturated rings.